The molecule has 0 saturated heterocycles. The minimum Gasteiger partial charge on any atom is -0.480 e. The third-order valence-corrected chi connectivity index (χ3v) is 7.04. The van der Waals surface area contributed by atoms with Gasteiger partial charge in [-0.3, -0.25) is 4.79 Å². The number of aliphatic carboxylic acids is 1. The van der Waals surface area contributed by atoms with E-state index < -0.39 is 34.1 Å². The molecule has 0 bridgehead atoms. The maximum Gasteiger partial charge on any atom is 0.338 e. The van der Waals surface area contributed by atoms with Gasteiger partial charge in [-0.25, -0.2) is 13.2 Å². The SMILES string of the molecule is Cc1ccc(S(=O)(=O)N[C@H](C(=O)O)[C@H](C)OC(=O)c2ccc3cc4ccccc4cc3c2)cc1. The molecule has 7 nitrogen and oxygen atoms in total. The lowest BCUT2D eigenvalue weighted by molar-refractivity contribution is -0.141. The number of hydrogen-bond donors (Lipinski definition) is 2. The lowest BCUT2D eigenvalue weighted by Gasteiger charge is -2.22. The van der Waals surface area contributed by atoms with Crippen molar-refractivity contribution >= 4 is 43.5 Å². The van der Waals surface area contributed by atoms with E-state index in [0.717, 1.165) is 27.1 Å². The van der Waals surface area contributed by atoms with Gasteiger partial charge in [-0.05, 0) is 71.8 Å². The highest BCUT2D eigenvalue weighted by Crippen LogP contribution is 2.24. The van der Waals surface area contributed by atoms with Crippen LogP contribution in [0, 0.1) is 6.92 Å². The van der Waals surface area contributed by atoms with Crippen LogP contribution in [0.5, 0.6) is 0 Å². The van der Waals surface area contributed by atoms with Crippen LogP contribution >= 0.6 is 0 Å². The Labute approximate surface area is 197 Å². The lowest BCUT2D eigenvalue weighted by Crippen LogP contribution is -2.49. The number of aryl methyl sites for hydroxylation is 1. The number of sulfonamides is 1. The van der Waals surface area contributed by atoms with Crippen molar-refractivity contribution in [2.75, 3.05) is 0 Å². The van der Waals surface area contributed by atoms with Crippen LogP contribution in [0.3, 0.4) is 0 Å². The molecule has 2 N–H and O–H groups in total. The molecule has 0 unspecified atom stereocenters. The fraction of sp³-hybridized carbons (Fsp3) is 0.154. The third kappa shape index (κ3) is 4.93. The molecule has 0 amide bonds. The van der Waals surface area contributed by atoms with Gasteiger partial charge >= 0.3 is 11.9 Å². The normalized spacial score (nSPS) is 13.5. The summed E-state index contributed by atoms with van der Waals surface area (Å²) in [5.74, 6) is -2.20. The number of rotatable bonds is 7. The van der Waals surface area contributed by atoms with E-state index in [1.807, 2.05) is 36.4 Å². The predicted octanol–water partition coefficient (Wildman–Crippen LogP) is 4.28. The van der Waals surface area contributed by atoms with Crippen LogP contribution in [0.2, 0.25) is 0 Å². The second-order valence-electron chi connectivity index (χ2n) is 8.12. The summed E-state index contributed by atoms with van der Waals surface area (Å²) in [5, 5.41) is 13.5. The maximum absolute atomic E-state index is 12.8. The van der Waals surface area contributed by atoms with Gasteiger partial charge in [-0.1, -0.05) is 48.0 Å². The average molecular weight is 478 g/mol. The van der Waals surface area contributed by atoms with Gasteiger partial charge in [0.15, 0.2) is 6.04 Å². The molecule has 4 rings (SSSR count). The molecule has 8 heteroatoms. The fourth-order valence-corrected chi connectivity index (χ4v) is 4.93. The van der Waals surface area contributed by atoms with Crippen molar-refractivity contribution in [3.63, 3.8) is 0 Å². The lowest BCUT2D eigenvalue weighted by atomic mass is 10.0. The summed E-state index contributed by atoms with van der Waals surface area (Å²) in [7, 11) is -4.14. The van der Waals surface area contributed by atoms with E-state index in [0.29, 0.717) is 0 Å². The largest absolute Gasteiger partial charge is 0.480 e. The van der Waals surface area contributed by atoms with E-state index >= 15 is 0 Å². The van der Waals surface area contributed by atoms with E-state index in [9.17, 15) is 23.1 Å². The zero-order valence-corrected chi connectivity index (χ0v) is 19.4. The highest BCUT2D eigenvalue weighted by atomic mass is 32.2. The molecule has 0 radical (unpaired) electrons. The monoisotopic (exact) mass is 477 g/mol. The van der Waals surface area contributed by atoms with Crippen LogP contribution in [0.4, 0.5) is 0 Å². The molecule has 0 saturated carbocycles. The highest BCUT2D eigenvalue weighted by molar-refractivity contribution is 7.89. The minimum atomic E-state index is -4.14. The first-order chi connectivity index (χ1) is 16.1. The Morgan fingerprint density at radius 3 is 2.06 bits per heavy atom. The van der Waals surface area contributed by atoms with Gasteiger partial charge in [-0.2, -0.15) is 4.72 Å². The summed E-state index contributed by atoms with van der Waals surface area (Å²) in [6.45, 7) is 3.14. The number of esters is 1. The Kier molecular flexibility index (Phi) is 6.37. The standard InChI is InChI=1S/C26H23NO6S/c1-16-7-11-23(12-8-16)34(31,32)27-24(25(28)29)17(2)33-26(30)21-10-9-20-13-18-5-3-4-6-19(18)14-22(20)15-21/h3-15,17,24,27H,1-2H3,(H,28,29)/t17-,24-/m0/s1. The van der Waals surface area contributed by atoms with Crippen molar-refractivity contribution in [3.8, 4) is 0 Å². The fourth-order valence-electron chi connectivity index (χ4n) is 3.67. The number of carboxylic acid groups (broad SMARTS) is 1. The van der Waals surface area contributed by atoms with E-state index in [1.54, 1.807) is 37.3 Å². The Bertz CT molecular complexity index is 1500. The van der Waals surface area contributed by atoms with Gasteiger partial charge in [0, 0.05) is 0 Å². The van der Waals surface area contributed by atoms with Crippen LogP contribution < -0.4 is 4.72 Å². The molecule has 0 aliphatic rings. The third-order valence-electron chi connectivity index (χ3n) is 5.58. The van der Waals surface area contributed by atoms with Crippen molar-refractivity contribution in [1.82, 2.24) is 4.72 Å². The van der Waals surface area contributed by atoms with Gasteiger partial charge in [0.25, 0.3) is 0 Å². The number of carbonyl (C=O) groups is 2. The molecule has 34 heavy (non-hydrogen) atoms. The summed E-state index contributed by atoms with van der Waals surface area (Å²) < 4.78 is 32.8. The summed E-state index contributed by atoms with van der Waals surface area (Å²) in [6.07, 6.45) is -1.27. The van der Waals surface area contributed by atoms with E-state index in [1.165, 1.54) is 19.1 Å². The Morgan fingerprint density at radius 1 is 0.853 bits per heavy atom. The zero-order valence-electron chi connectivity index (χ0n) is 18.6. The first kappa shape index (κ1) is 23.4. The first-order valence-electron chi connectivity index (χ1n) is 10.6. The van der Waals surface area contributed by atoms with Gasteiger partial charge in [0.05, 0.1) is 10.5 Å². The topological polar surface area (TPSA) is 110 Å². The van der Waals surface area contributed by atoms with Crippen LogP contribution in [0.1, 0.15) is 22.8 Å². The molecule has 2 atom stereocenters. The van der Waals surface area contributed by atoms with Crippen LogP contribution in [0.15, 0.2) is 83.8 Å². The van der Waals surface area contributed by atoms with Crippen molar-refractivity contribution in [3.05, 3.63) is 90.0 Å². The van der Waals surface area contributed by atoms with E-state index in [4.69, 9.17) is 4.74 Å². The molecule has 0 heterocycles. The summed E-state index contributed by atoms with van der Waals surface area (Å²) >= 11 is 0. The molecule has 174 valence electrons. The second kappa shape index (κ2) is 9.24. The number of carbonyl (C=O) groups excluding carboxylic acids is 1. The van der Waals surface area contributed by atoms with E-state index in [2.05, 4.69) is 4.72 Å². The van der Waals surface area contributed by atoms with Crippen LogP contribution in [-0.2, 0) is 19.6 Å². The number of carboxylic acids is 1. The van der Waals surface area contributed by atoms with Crippen molar-refractivity contribution < 1.29 is 27.9 Å². The molecule has 0 spiro atoms. The molecule has 4 aromatic rings. The van der Waals surface area contributed by atoms with Crippen molar-refractivity contribution in [2.24, 2.45) is 0 Å². The Hall–Kier alpha value is -3.75. The van der Waals surface area contributed by atoms with Crippen LogP contribution in [-0.4, -0.2) is 37.6 Å². The number of benzene rings is 4. The maximum atomic E-state index is 12.8. The first-order valence-corrected chi connectivity index (χ1v) is 12.1. The Morgan fingerprint density at radius 2 is 1.44 bits per heavy atom. The second-order valence-corrected chi connectivity index (χ2v) is 9.84. The molecular formula is C26H23NO6S. The van der Waals surface area contributed by atoms with Gasteiger partial charge in [0.1, 0.15) is 6.10 Å². The van der Waals surface area contributed by atoms with Crippen molar-refractivity contribution in [2.45, 2.75) is 30.9 Å². The zero-order chi connectivity index (χ0) is 24.5. The number of ether oxygens (including phenoxy) is 1. The highest BCUT2D eigenvalue weighted by Gasteiger charge is 2.33. The summed E-state index contributed by atoms with van der Waals surface area (Å²) in [4.78, 5) is 24.5. The molecular weight excluding hydrogens is 454 g/mol. The molecule has 0 aliphatic heterocycles. The summed E-state index contributed by atoms with van der Waals surface area (Å²) in [6, 6.07) is 21.2. The van der Waals surface area contributed by atoms with Crippen LogP contribution in [0.25, 0.3) is 21.5 Å². The average Bonchev–Trinajstić information content (AvgIpc) is 2.80. The molecule has 0 fully saturated rings. The molecule has 4 aromatic carbocycles. The number of hydrogen-bond acceptors (Lipinski definition) is 5. The molecule has 0 aromatic heterocycles. The Balaban J connectivity index is 1.54. The number of fused-ring (bicyclic) bond motifs is 2. The molecule has 0 aliphatic carbocycles. The van der Waals surface area contributed by atoms with E-state index in [-0.39, 0.29) is 10.5 Å². The predicted molar refractivity (Wildman–Crippen MR) is 129 cm³/mol. The smallest absolute Gasteiger partial charge is 0.338 e. The summed E-state index contributed by atoms with van der Waals surface area (Å²) in [5.41, 5.74) is 1.10. The van der Waals surface area contributed by atoms with Gasteiger partial charge in [-0.15, -0.1) is 0 Å². The van der Waals surface area contributed by atoms with Crippen molar-refractivity contribution in [1.29, 1.82) is 0 Å². The van der Waals surface area contributed by atoms with Gasteiger partial charge in [0.2, 0.25) is 10.0 Å². The minimum absolute atomic E-state index is 0.0790. The quantitative estimate of drug-likeness (QED) is 0.304. The number of nitrogens with one attached hydrogen (secondary N) is 1. The van der Waals surface area contributed by atoms with Gasteiger partial charge < -0.3 is 9.84 Å².